The molecule has 0 saturated heterocycles. The van der Waals surface area contributed by atoms with Gasteiger partial charge in [0.25, 0.3) is 5.91 Å². The molecule has 3 heterocycles. The molecule has 3 aliphatic heterocycles. The monoisotopic (exact) mass is 471 g/mol. The smallest absolute Gasteiger partial charge is 0.419 e. The summed E-state index contributed by atoms with van der Waals surface area (Å²) in [7, 11) is 0. The largest absolute Gasteiger partial charge is 0.438 e. The van der Waals surface area contributed by atoms with E-state index in [9.17, 15) is 23.1 Å². The van der Waals surface area contributed by atoms with E-state index in [0.717, 1.165) is 6.07 Å². The first-order chi connectivity index (χ1) is 15.1. The van der Waals surface area contributed by atoms with Crippen molar-refractivity contribution in [1.29, 1.82) is 0 Å². The number of aliphatic hydroxyl groups is 1. The van der Waals surface area contributed by atoms with Crippen LogP contribution in [0.25, 0.3) is 0 Å². The fourth-order valence-electron chi connectivity index (χ4n) is 3.71. The number of benzene rings is 1. The van der Waals surface area contributed by atoms with Crippen molar-refractivity contribution < 1.29 is 27.8 Å². The Hall–Kier alpha value is -2.76. The van der Waals surface area contributed by atoms with Gasteiger partial charge in [-0.3, -0.25) is 10.2 Å². The Morgan fingerprint density at radius 3 is 2.81 bits per heavy atom. The molecule has 8 nitrogen and oxygen atoms in total. The highest BCUT2D eigenvalue weighted by molar-refractivity contribution is 6.42. The molecule has 0 spiro atoms. The fourth-order valence-corrected chi connectivity index (χ4v) is 3.94. The standard InChI is InChI=1S/C20H21ClF3N5O3/c1-10(30)17-26-13-9-29(14-8-25-28-18(31)16(14)21)7-6-11(13)19(27-17)32-15-5-3-2-4-12(15)20(22,23)24/h2-5,10,17,25-26,30H,6-9H2,1H3,(H,28,31)/t10-,17?/m0/s1. The molecule has 0 fully saturated rings. The van der Waals surface area contributed by atoms with Crippen molar-refractivity contribution in [3.63, 3.8) is 0 Å². The van der Waals surface area contributed by atoms with Crippen molar-refractivity contribution in [2.75, 3.05) is 19.6 Å². The molecular weight excluding hydrogens is 451 g/mol. The van der Waals surface area contributed by atoms with Gasteiger partial charge in [0.15, 0.2) is 0 Å². The summed E-state index contributed by atoms with van der Waals surface area (Å²) in [6, 6.07) is 4.91. The average molecular weight is 472 g/mol. The van der Waals surface area contributed by atoms with Gasteiger partial charge in [0.2, 0.25) is 5.90 Å². The van der Waals surface area contributed by atoms with Crippen LogP contribution in [0.4, 0.5) is 13.2 Å². The van der Waals surface area contributed by atoms with Gasteiger partial charge in [-0.2, -0.15) is 13.2 Å². The maximum atomic E-state index is 13.4. The number of carbonyl (C=O) groups is 1. The minimum Gasteiger partial charge on any atom is -0.438 e. The molecule has 1 unspecified atom stereocenters. The molecule has 1 aromatic rings. The van der Waals surface area contributed by atoms with Gasteiger partial charge < -0.3 is 20.1 Å². The minimum absolute atomic E-state index is 0.0283. The lowest BCUT2D eigenvalue weighted by atomic mass is 10.0. The molecule has 1 amide bonds. The van der Waals surface area contributed by atoms with Gasteiger partial charge in [-0.05, 0) is 25.5 Å². The maximum absolute atomic E-state index is 13.4. The number of alkyl halides is 3. The SMILES string of the molecule is C[C@H](O)C1N=C(Oc2ccccc2C(F)(F)F)C2=C(CN(C3=C(Cl)C(=O)NNC3)CC2)N1. The average Bonchev–Trinajstić information content (AvgIpc) is 2.74. The maximum Gasteiger partial charge on any atom is 0.419 e. The lowest BCUT2D eigenvalue weighted by Crippen LogP contribution is -2.51. The van der Waals surface area contributed by atoms with Gasteiger partial charge in [0.05, 0.1) is 30.5 Å². The predicted molar refractivity (Wildman–Crippen MR) is 110 cm³/mol. The van der Waals surface area contributed by atoms with Gasteiger partial charge >= 0.3 is 6.18 Å². The second kappa shape index (κ2) is 8.64. The number of hydrogen-bond acceptors (Lipinski definition) is 7. The summed E-state index contributed by atoms with van der Waals surface area (Å²) in [4.78, 5) is 18.1. The van der Waals surface area contributed by atoms with E-state index < -0.39 is 29.9 Å². The number of aliphatic hydroxyl groups excluding tert-OH is 1. The van der Waals surface area contributed by atoms with Crippen LogP contribution in [0.2, 0.25) is 0 Å². The topological polar surface area (TPSA) is 98.2 Å². The molecule has 2 atom stereocenters. The normalized spacial score (nSPS) is 22.7. The number of nitrogens with one attached hydrogen (secondary N) is 3. The van der Waals surface area contributed by atoms with Gasteiger partial charge in [0.1, 0.15) is 16.9 Å². The van der Waals surface area contributed by atoms with E-state index in [1.165, 1.54) is 25.1 Å². The van der Waals surface area contributed by atoms with Gasteiger partial charge in [0, 0.05) is 17.8 Å². The van der Waals surface area contributed by atoms with Gasteiger partial charge in [-0.15, -0.1) is 0 Å². The number of hydrogen-bond donors (Lipinski definition) is 4. The molecule has 0 radical (unpaired) electrons. The lowest BCUT2D eigenvalue weighted by molar-refractivity contribution is -0.138. The molecule has 12 heteroatoms. The Balaban J connectivity index is 1.66. The molecule has 4 rings (SSSR count). The molecule has 4 N–H and O–H groups in total. The molecule has 0 bridgehead atoms. The minimum atomic E-state index is -4.59. The first kappa shape index (κ1) is 22.4. The van der Waals surface area contributed by atoms with Crippen LogP contribution in [0, 0.1) is 0 Å². The zero-order valence-electron chi connectivity index (χ0n) is 17.0. The Bertz CT molecular complexity index is 1020. The number of hydrazine groups is 1. The number of aliphatic imine (C=N–C) groups is 1. The van der Waals surface area contributed by atoms with Crippen LogP contribution in [0.5, 0.6) is 5.75 Å². The Morgan fingerprint density at radius 2 is 2.09 bits per heavy atom. The van der Waals surface area contributed by atoms with E-state index in [2.05, 4.69) is 21.2 Å². The van der Waals surface area contributed by atoms with Gasteiger partial charge in [-0.25, -0.2) is 10.4 Å². The third kappa shape index (κ3) is 4.41. The number of nitrogens with zero attached hydrogens (tertiary/aromatic N) is 2. The van der Waals surface area contributed by atoms with Crippen molar-refractivity contribution in [1.82, 2.24) is 21.1 Å². The number of rotatable bonds is 3. The Labute approximate surface area is 186 Å². The molecule has 32 heavy (non-hydrogen) atoms. The fraction of sp³-hybridized carbons (Fsp3) is 0.400. The summed E-state index contributed by atoms with van der Waals surface area (Å²) in [5.41, 5.74) is 6.13. The molecule has 0 saturated carbocycles. The highest BCUT2D eigenvalue weighted by Crippen LogP contribution is 2.37. The third-order valence-corrected chi connectivity index (χ3v) is 5.72. The summed E-state index contributed by atoms with van der Waals surface area (Å²) in [6.07, 6.45) is -5.94. The zero-order chi connectivity index (χ0) is 23.0. The molecule has 1 aromatic carbocycles. The van der Waals surface area contributed by atoms with E-state index in [4.69, 9.17) is 16.3 Å². The second-order valence-corrected chi connectivity index (χ2v) is 7.93. The number of amides is 1. The van der Waals surface area contributed by atoms with Crippen molar-refractivity contribution >= 4 is 23.4 Å². The van der Waals surface area contributed by atoms with Crippen molar-refractivity contribution in [3.8, 4) is 5.75 Å². The molecule has 0 aromatic heterocycles. The van der Waals surface area contributed by atoms with Crippen LogP contribution >= 0.6 is 11.6 Å². The zero-order valence-corrected chi connectivity index (χ0v) is 17.7. The summed E-state index contributed by atoms with van der Waals surface area (Å²) in [5.74, 6) is -0.778. The van der Waals surface area contributed by atoms with Crippen LogP contribution in [0.3, 0.4) is 0 Å². The molecule has 3 aliphatic rings. The van der Waals surface area contributed by atoms with Crippen molar-refractivity contribution in [3.05, 3.63) is 51.8 Å². The van der Waals surface area contributed by atoms with Crippen LogP contribution in [0.15, 0.2) is 51.3 Å². The van der Waals surface area contributed by atoms with E-state index in [1.54, 1.807) is 0 Å². The van der Waals surface area contributed by atoms with Crippen molar-refractivity contribution in [2.24, 2.45) is 4.99 Å². The van der Waals surface area contributed by atoms with Crippen LogP contribution in [-0.2, 0) is 11.0 Å². The first-order valence-electron chi connectivity index (χ1n) is 9.91. The quantitative estimate of drug-likeness (QED) is 0.537. The summed E-state index contributed by atoms with van der Waals surface area (Å²) < 4.78 is 45.9. The van der Waals surface area contributed by atoms with Crippen LogP contribution in [0.1, 0.15) is 18.9 Å². The summed E-state index contributed by atoms with van der Waals surface area (Å²) >= 11 is 6.17. The van der Waals surface area contributed by atoms with E-state index >= 15 is 0 Å². The molecule has 0 aliphatic carbocycles. The van der Waals surface area contributed by atoms with Gasteiger partial charge in [-0.1, -0.05) is 23.7 Å². The number of carbonyl (C=O) groups excluding carboxylic acids is 1. The van der Waals surface area contributed by atoms with Crippen molar-refractivity contribution in [2.45, 2.75) is 31.8 Å². The number of halogens is 4. The highest BCUT2D eigenvalue weighted by Gasteiger charge is 2.37. The second-order valence-electron chi connectivity index (χ2n) is 7.56. The third-order valence-electron chi connectivity index (χ3n) is 5.33. The predicted octanol–water partition coefficient (Wildman–Crippen LogP) is 1.84. The van der Waals surface area contributed by atoms with E-state index in [1.807, 2.05) is 4.90 Å². The summed E-state index contributed by atoms with van der Waals surface area (Å²) in [6.45, 7) is 2.58. The Kier molecular flexibility index (Phi) is 6.06. The highest BCUT2D eigenvalue weighted by atomic mass is 35.5. The van der Waals surface area contributed by atoms with E-state index in [-0.39, 0.29) is 16.7 Å². The first-order valence-corrected chi connectivity index (χ1v) is 10.3. The van der Waals surface area contributed by atoms with E-state index in [0.29, 0.717) is 43.0 Å². The Morgan fingerprint density at radius 1 is 1.34 bits per heavy atom. The molecular formula is C20H21ClF3N5O3. The van der Waals surface area contributed by atoms with Crippen LogP contribution < -0.4 is 20.9 Å². The number of para-hydroxylation sites is 1. The summed E-state index contributed by atoms with van der Waals surface area (Å²) in [5, 5.41) is 13.3. The number of ether oxygens (including phenoxy) is 1. The molecule has 172 valence electrons. The van der Waals surface area contributed by atoms with Crippen LogP contribution in [-0.4, -0.2) is 53.7 Å². The lowest BCUT2D eigenvalue weighted by Gasteiger charge is -2.39.